The van der Waals surface area contributed by atoms with E-state index in [9.17, 15) is 0 Å². The molecule has 0 saturated carbocycles. The van der Waals surface area contributed by atoms with Crippen LogP contribution in [0.4, 0.5) is 5.95 Å². The van der Waals surface area contributed by atoms with Crippen LogP contribution in [0.2, 0.25) is 0 Å². The maximum absolute atomic E-state index is 5.44. The molecule has 0 saturated heterocycles. The van der Waals surface area contributed by atoms with Gasteiger partial charge in [-0.25, -0.2) is 9.97 Å². The van der Waals surface area contributed by atoms with E-state index in [2.05, 4.69) is 21.8 Å². The first-order chi connectivity index (χ1) is 6.38. The van der Waals surface area contributed by atoms with E-state index in [1.807, 2.05) is 6.07 Å². The van der Waals surface area contributed by atoms with Crippen molar-refractivity contribution in [1.82, 2.24) is 9.97 Å². The summed E-state index contributed by atoms with van der Waals surface area (Å²) in [6.45, 7) is 4.65. The quantitative estimate of drug-likeness (QED) is 0.723. The van der Waals surface area contributed by atoms with Crippen molar-refractivity contribution in [1.29, 1.82) is 0 Å². The van der Waals surface area contributed by atoms with Crippen molar-refractivity contribution in [3.63, 3.8) is 0 Å². The van der Waals surface area contributed by atoms with E-state index in [4.69, 9.17) is 5.73 Å². The fraction of sp³-hybridized carbons (Fsp3) is 0.556. The summed E-state index contributed by atoms with van der Waals surface area (Å²) in [6.07, 6.45) is 4.49. The second-order valence-electron chi connectivity index (χ2n) is 2.77. The Morgan fingerprint density at radius 1 is 1.38 bits per heavy atom. The van der Waals surface area contributed by atoms with Gasteiger partial charge in [-0.2, -0.15) is 0 Å². The third-order valence-corrected chi connectivity index (χ3v) is 1.85. The Labute approximate surface area is 78.8 Å². The second kappa shape index (κ2) is 5.48. The van der Waals surface area contributed by atoms with Crippen molar-refractivity contribution in [2.75, 3.05) is 24.5 Å². The van der Waals surface area contributed by atoms with Crippen molar-refractivity contribution >= 4 is 5.95 Å². The molecule has 0 aliphatic carbocycles. The van der Waals surface area contributed by atoms with E-state index in [-0.39, 0.29) is 0 Å². The highest BCUT2D eigenvalue weighted by atomic mass is 15.2. The minimum atomic E-state index is 0.712. The number of nitrogens with two attached hydrogens (primary N) is 1. The lowest BCUT2D eigenvalue weighted by Crippen LogP contribution is -2.27. The summed E-state index contributed by atoms with van der Waals surface area (Å²) >= 11 is 0. The van der Waals surface area contributed by atoms with Crippen LogP contribution in [0.5, 0.6) is 0 Å². The number of hydrogen-bond acceptors (Lipinski definition) is 4. The van der Waals surface area contributed by atoms with Gasteiger partial charge in [-0.1, -0.05) is 0 Å². The zero-order valence-electron chi connectivity index (χ0n) is 7.98. The van der Waals surface area contributed by atoms with Gasteiger partial charge in [0.1, 0.15) is 0 Å². The summed E-state index contributed by atoms with van der Waals surface area (Å²) in [4.78, 5) is 10.5. The number of rotatable bonds is 5. The molecule has 0 bridgehead atoms. The normalized spacial score (nSPS) is 10.0. The smallest absolute Gasteiger partial charge is 0.225 e. The third kappa shape index (κ3) is 2.99. The Bertz CT molecular complexity index is 224. The average Bonchev–Trinajstić information content (AvgIpc) is 2.21. The molecule has 0 amide bonds. The van der Waals surface area contributed by atoms with Gasteiger partial charge in [0.15, 0.2) is 0 Å². The zero-order valence-corrected chi connectivity index (χ0v) is 7.98. The summed E-state index contributed by atoms with van der Waals surface area (Å²) < 4.78 is 0. The van der Waals surface area contributed by atoms with Gasteiger partial charge >= 0.3 is 0 Å². The fourth-order valence-corrected chi connectivity index (χ4v) is 1.14. The monoisotopic (exact) mass is 180 g/mol. The molecule has 1 aromatic rings. The van der Waals surface area contributed by atoms with Crippen LogP contribution in [-0.4, -0.2) is 29.6 Å². The molecule has 0 aromatic carbocycles. The van der Waals surface area contributed by atoms with Crippen molar-refractivity contribution in [2.45, 2.75) is 13.3 Å². The molecule has 0 atom stereocenters. The molecular weight excluding hydrogens is 164 g/mol. The summed E-state index contributed by atoms with van der Waals surface area (Å²) in [7, 11) is 0. The minimum absolute atomic E-state index is 0.712. The first kappa shape index (κ1) is 9.92. The third-order valence-electron chi connectivity index (χ3n) is 1.85. The lowest BCUT2D eigenvalue weighted by Gasteiger charge is -2.19. The highest BCUT2D eigenvalue weighted by Gasteiger charge is 2.04. The van der Waals surface area contributed by atoms with Crippen LogP contribution in [0.25, 0.3) is 0 Å². The summed E-state index contributed by atoms with van der Waals surface area (Å²) in [5.74, 6) is 0.790. The van der Waals surface area contributed by atoms with Crippen molar-refractivity contribution in [3.05, 3.63) is 18.5 Å². The molecule has 2 N–H and O–H groups in total. The molecule has 4 heteroatoms. The average molecular weight is 180 g/mol. The van der Waals surface area contributed by atoms with E-state index in [0.717, 1.165) is 25.5 Å². The maximum Gasteiger partial charge on any atom is 0.225 e. The summed E-state index contributed by atoms with van der Waals surface area (Å²) in [5.41, 5.74) is 5.44. The highest BCUT2D eigenvalue weighted by molar-refractivity contribution is 5.27. The molecule has 72 valence electrons. The topological polar surface area (TPSA) is 55.0 Å². The molecular formula is C9H16N4. The fourth-order valence-electron chi connectivity index (χ4n) is 1.14. The molecule has 1 aromatic heterocycles. The van der Waals surface area contributed by atoms with E-state index >= 15 is 0 Å². The largest absolute Gasteiger partial charge is 0.341 e. The van der Waals surface area contributed by atoms with Crippen LogP contribution < -0.4 is 10.6 Å². The predicted octanol–water partition coefficient (Wildman–Crippen LogP) is 0.652. The van der Waals surface area contributed by atoms with Gasteiger partial charge in [0.05, 0.1) is 0 Å². The molecule has 0 fully saturated rings. The van der Waals surface area contributed by atoms with Crippen LogP contribution >= 0.6 is 0 Å². The van der Waals surface area contributed by atoms with Crippen molar-refractivity contribution < 1.29 is 0 Å². The van der Waals surface area contributed by atoms with Crippen LogP contribution in [0.15, 0.2) is 18.5 Å². The molecule has 0 unspecified atom stereocenters. The van der Waals surface area contributed by atoms with E-state index in [0.29, 0.717) is 6.54 Å². The van der Waals surface area contributed by atoms with Gasteiger partial charge in [-0.3, -0.25) is 0 Å². The predicted molar refractivity (Wildman–Crippen MR) is 53.6 cm³/mol. The van der Waals surface area contributed by atoms with Crippen LogP contribution in [0.1, 0.15) is 13.3 Å². The lowest BCUT2D eigenvalue weighted by molar-refractivity contribution is 0.732. The maximum atomic E-state index is 5.44. The number of hydrogen-bond donors (Lipinski definition) is 1. The summed E-state index contributed by atoms with van der Waals surface area (Å²) in [6, 6.07) is 1.82. The van der Waals surface area contributed by atoms with Gasteiger partial charge in [0.25, 0.3) is 0 Å². The van der Waals surface area contributed by atoms with E-state index in [1.165, 1.54) is 0 Å². The first-order valence-corrected chi connectivity index (χ1v) is 4.60. The first-order valence-electron chi connectivity index (χ1n) is 4.60. The van der Waals surface area contributed by atoms with Crippen LogP contribution in [0, 0.1) is 0 Å². The van der Waals surface area contributed by atoms with Gasteiger partial charge < -0.3 is 10.6 Å². The molecule has 0 aliphatic heterocycles. The standard InChI is InChI=1S/C9H16N4/c1-2-13(8-3-5-10)9-11-6-4-7-12-9/h4,6-7H,2-3,5,8,10H2,1H3. The second-order valence-corrected chi connectivity index (χ2v) is 2.77. The zero-order chi connectivity index (χ0) is 9.52. The summed E-state index contributed by atoms with van der Waals surface area (Å²) in [5, 5.41) is 0. The molecule has 13 heavy (non-hydrogen) atoms. The van der Waals surface area contributed by atoms with Gasteiger partial charge in [-0.05, 0) is 26.0 Å². The Hall–Kier alpha value is -1.16. The molecule has 1 heterocycles. The van der Waals surface area contributed by atoms with Gasteiger partial charge in [0, 0.05) is 25.5 Å². The molecule has 4 nitrogen and oxygen atoms in total. The number of anilines is 1. The number of aromatic nitrogens is 2. The number of nitrogens with zero attached hydrogens (tertiary/aromatic N) is 3. The Balaban J connectivity index is 2.56. The van der Waals surface area contributed by atoms with Crippen LogP contribution in [-0.2, 0) is 0 Å². The van der Waals surface area contributed by atoms with Crippen LogP contribution in [0.3, 0.4) is 0 Å². The van der Waals surface area contributed by atoms with Gasteiger partial charge in [-0.15, -0.1) is 0 Å². The van der Waals surface area contributed by atoms with Crippen molar-refractivity contribution in [3.8, 4) is 0 Å². The molecule has 0 radical (unpaired) electrons. The minimum Gasteiger partial charge on any atom is -0.341 e. The Morgan fingerprint density at radius 3 is 2.62 bits per heavy atom. The van der Waals surface area contributed by atoms with E-state index < -0.39 is 0 Å². The molecule has 1 rings (SSSR count). The Morgan fingerprint density at radius 2 is 2.08 bits per heavy atom. The molecule has 0 spiro atoms. The molecule has 0 aliphatic rings. The van der Waals surface area contributed by atoms with E-state index in [1.54, 1.807) is 12.4 Å². The SMILES string of the molecule is CCN(CCCN)c1ncccn1. The van der Waals surface area contributed by atoms with Gasteiger partial charge in [0.2, 0.25) is 5.95 Å². The van der Waals surface area contributed by atoms with Crippen molar-refractivity contribution in [2.24, 2.45) is 5.73 Å². The lowest BCUT2D eigenvalue weighted by atomic mass is 10.4. The Kier molecular flexibility index (Phi) is 4.18. The highest BCUT2D eigenvalue weighted by Crippen LogP contribution is 2.04.